The molecule has 0 aromatic rings. The van der Waals surface area contributed by atoms with Gasteiger partial charge in [0.05, 0.1) is 0 Å². The van der Waals surface area contributed by atoms with Crippen molar-refractivity contribution >= 4 is 17.9 Å². The number of piperidine rings is 1. The third kappa shape index (κ3) is 5.02. The number of nitrogens with two attached hydrogens (primary N) is 1. The van der Waals surface area contributed by atoms with Gasteiger partial charge in [-0.1, -0.05) is 0 Å². The minimum Gasteiger partial charge on any atom is -0.433 e. The average Bonchev–Trinajstić information content (AvgIpc) is 2.74. The van der Waals surface area contributed by atoms with Gasteiger partial charge in [0.25, 0.3) is 5.91 Å². The Kier molecular flexibility index (Phi) is 7.03. The van der Waals surface area contributed by atoms with Gasteiger partial charge in [0.2, 0.25) is 5.91 Å². The molecule has 3 fully saturated rings. The first kappa shape index (κ1) is 21.9. The fourth-order valence-corrected chi connectivity index (χ4v) is 4.75. The van der Waals surface area contributed by atoms with E-state index in [0.29, 0.717) is 44.8 Å². The maximum absolute atomic E-state index is 13.0. The van der Waals surface area contributed by atoms with Crippen molar-refractivity contribution in [3.63, 3.8) is 0 Å². The standard InChI is InChI=1S/C21H36N4O4/c1-16(2)23-12-14-24(15-13-23)18(26)17-6-8-21(9-7-17,19(22)27)29-20(28)25-10-4-3-5-11-25/h16-17H,3-15H2,1-2H3,(H2,22,27). The molecule has 0 bridgehead atoms. The first-order valence-corrected chi connectivity index (χ1v) is 11.1. The summed E-state index contributed by atoms with van der Waals surface area (Å²) in [4.78, 5) is 43.7. The van der Waals surface area contributed by atoms with Crippen molar-refractivity contribution < 1.29 is 19.1 Å². The van der Waals surface area contributed by atoms with E-state index in [-0.39, 0.29) is 11.8 Å². The minimum atomic E-state index is -1.28. The van der Waals surface area contributed by atoms with Crippen LogP contribution in [0, 0.1) is 5.92 Å². The van der Waals surface area contributed by atoms with Crippen LogP contribution in [0.4, 0.5) is 4.79 Å². The Labute approximate surface area is 173 Å². The molecular weight excluding hydrogens is 372 g/mol. The number of piperazine rings is 1. The fourth-order valence-electron chi connectivity index (χ4n) is 4.75. The largest absolute Gasteiger partial charge is 0.433 e. The molecule has 2 saturated heterocycles. The lowest BCUT2D eigenvalue weighted by Gasteiger charge is -2.41. The van der Waals surface area contributed by atoms with Crippen LogP contribution in [-0.2, 0) is 14.3 Å². The lowest BCUT2D eigenvalue weighted by atomic mass is 9.77. The molecule has 2 N–H and O–H groups in total. The number of carbonyl (C=O) groups is 3. The maximum atomic E-state index is 13.0. The Balaban J connectivity index is 1.54. The van der Waals surface area contributed by atoms with Crippen LogP contribution in [0.5, 0.6) is 0 Å². The summed E-state index contributed by atoms with van der Waals surface area (Å²) < 4.78 is 5.67. The third-order valence-electron chi connectivity index (χ3n) is 6.84. The number of carbonyl (C=O) groups excluding carboxylic acids is 3. The zero-order valence-corrected chi connectivity index (χ0v) is 17.9. The molecule has 0 aromatic carbocycles. The zero-order valence-electron chi connectivity index (χ0n) is 17.9. The summed E-state index contributed by atoms with van der Waals surface area (Å²) in [5.41, 5.74) is 4.38. The van der Waals surface area contributed by atoms with Gasteiger partial charge in [-0.25, -0.2) is 4.79 Å². The summed E-state index contributed by atoms with van der Waals surface area (Å²) in [5.74, 6) is -0.560. The summed E-state index contributed by atoms with van der Waals surface area (Å²) in [7, 11) is 0. The zero-order chi connectivity index (χ0) is 21.0. The van der Waals surface area contributed by atoms with Crippen molar-refractivity contribution in [3.8, 4) is 0 Å². The van der Waals surface area contributed by atoms with Crippen LogP contribution in [0.15, 0.2) is 0 Å². The van der Waals surface area contributed by atoms with E-state index in [4.69, 9.17) is 10.5 Å². The van der Waals surface area contributed by atoms with E-state index in [0.717, 1.165) is 45.4 Å². The maximum Gasteiger partial charge on any atom is 0.410 e. The van der Waals surface area contributed by atoms with E-state index in [1.54, 1.807) is 4.90 Å². The normalized spacial score (nSPS) is 29.0. The SMILES string of the molecule is CC(C)N1CCN(C(=O)C2CCC(OC(=O)N3CCCCC3)(C(N)=O)CC2)CC1. The van der Waals surface area contributed by atoms with Gasteiger partial charge in [-0.3, -0.25) is 14.5 Å². The predicted molar refractivity (Wildman–Crippen MR) is 109 cm³/mol. The van der Waals surface area contributed by atoms with E-state index in [1.165, 1.54) is 0 Å². The van der Waals surface area contributed by atoms with Crippen LogP contribution in [0.25, 0.3) is 0 Å². The smallest absolute Gasteiger partial charge is 0.410 e. The summed E-state index contributed by atoms with van der Waals surface area (Å²) >= 11 is 0. The molecule has 3 aliphatic rings. The topological polar surface area (TPSA) is 96.2 Å². The quantitative estimate of drug-likeness (QED) is 0.762. The Morgan fingerprint density at radius 2 is 1.48 bits per heavy atom. The molecule has 3 rings (SSSR count). The fraction of sp³-hybridized carbons (Fsp3) is 0.857. The van der Waals surface area contributed by atoms with Gasteiger partial charge in [-0.05, 0) is 58.8 Å². The summed E-state index contributed by atoms with van der Waals surface area (Å²) in [6.45, 7) is 8.97. The Bertz CT molecular complexity index is 602. The van der Waals surface area contributed by atoms with Gasteiger partial charge in [-0.2, -0.15) is 0 Å². The van der Waals surface area contributed by atoms with Crippen molar-refractivity contribution in [2.75, 3.05) is 39.3 Å². The first-order chi connectivity index (χ1) is 13.8. The summed E-state index contributed by atoms with van der Waals surface area (Å²) in [6.07, 6.45) is 4.28. The highest BCUT2D eigenvalue weighted by Gasteiger charge is 2.46. The van der Waals surface area contributed by atoms with E-state index in [2.05, 4.69) is 18.7 Å². The highest BCUT2D eigenvalue weighted by Crippen LogP contribution is 2.36. The molecule has 8 nitrogen and oxygen atoms in total. The van der Waals surface area contributed by atoms with Gasteiger partial charge < -0.3 is 20.3 Å². The van der Waals surface area contributed by atoms with E-state index in [9.17, 15) is 14.4 Å². The monoisotopic (exact) mass is 408 g/mol. The molecule has 3 amide bonds. The van der Waals surface area contributed by atoms with E-state index < -0.39 is 17.6 Å². The van der Waals surface area contributed by atoms with Crippen molar-refractivity contribution in [2.45, 2.75) is 70.4 Å². The van der Waals surface area contributed by atoms with E-state index >= 15 is 0 Å². The van der Waals surface area contributed by atoms with Crippen LogP contribution >= 0.6 is 0 Å². The molecule has 0 unspecified atom stereocenters. The number of amides is 3. The summed E-state index contributed by atoms with van der Waals surface area (Å²) in [6, 6.07) is 0.493. The Hall–Kier alpha value is -1.83. The van der Waals surface area contributed by atoms with Gasteiger partial charge in [0.1, 0.15) is 0 Å². The Morgan fingerprint density at radius 1 is 0.897 bits per heavy atom. The summed E-state index contributed by atoms with van der Waals surface area (Å²) in [5, 5.41) is 0. The van der Waals surface area contributed by atoms with Gasteiger partial charge in [0.15, 0.2) is 5.60 Å². The van der Waals surface area contributed by atoms with Crippen molar-refractivity contribution in [3.05, 3.63) is 0 Å². The molecule has 2 heterocycles. The number of hydrogen-bond acceptors (Lipinski definition) is 5. The number of primary amides is 1. The predicted octanol–water partition coefficient (Wildman–Crippen LogP) is 1.58. The number of likely N-dealkylation sites (tertiary alicyclic amines) is 1. The van der Waals surface area contributed by atoms with Crippen molar-refractivity contribution in [2.24, 2.45) is 11.7 Å². The Morgan fingerprint density at radius 3 is 2.00 bits per heavy atom. The molecule has 29 heavy (non-hydrogen) atoms. The molecule has 1 saturated carbocycles. The first-order valence-electron chi connectivity index (χ1n) is 11.1. The molecular formula is C21H36N4O4. The minimum absolute atomic E-state index is 0.123. The second kappa shape index (κ2) is 9.32. The van der Waals surface area contributed by atoms with Crippen LogP contribution in [0.1, 0.15) is 58.8 Å². The van der Waals surface area contributed by atoms with Gasteiger partial charge in [0, 0.05) is 51.2 Å². The van der Waals surface area contributed by atoms with Crippen LogP contribution < -0.4 is 5.73 Å². The van der Waals surface area contributed by atoms with Crippen molar-refractivity contribution in [1.29, 1.82) is 0 Å². The average molecular weight is 409 g/mol. The van der Waals surface area contributed by atoms with Crippen LogP contribution in [0.3, 0.4) is 0 Å². The van der Waals surface area contributed by atoms with Crippen LogP contribution in [-0.4, -0.2) is 83.5 Å². The molecule has 0 aromatic heterocycles. The molecule has 2 aliphatic heterocycles. The van der Waals surface area contributed by atoms with Crippen LogP contribution in [0.2, 0.25) is 0 Å². The molecule has 1 aliphatic carbocycles. The second-order valence-corrected chi connectivity index (χ2v) is 9.00. The van der Waals surface area contributed by atoms with E-state index in [1.807, 2.05) is 4.90 Å². The number of ether oxygens (including phenoxy) is 1. The molecule has 0 atom stereocenters. The molecule has 0 radical (unpaired) electrons. The molecule has 8 heteroatoms. The van der Waals surface area contributed by atoms with Crippen molar-refractivity contribution in [1.82, 2.24) is 14.7 Å². The lowest BCUT2D eigenvalue weighted by molar-refractivity contribution is -0.148. The molecule has 164 valence electrons. The van der Waals surface area contributed by atoms with Gasteiger partial charge >= 0.3 is 6.09 Å². The number of nitrogens with zero attached hydrogens (tertiary/aromatic N) is 3. The highest BCUT2D eigenvalue weighted by molar-refractivity contribution is 5.87. The second-order valence-electron chi connectivity index (χ2n) is 9.00. The van der Waals surface area contributed by atoms with Gasteiger partial charge in [-0.15, -0.1) is 0 Å². The highest BCUT2D eigenvalue weighted by atomic mass is 16.6. The third-order valence-corrected chi connectivity index (χ3v) is 6.84. The number of rotatable bonds is 4. The lowest BCUT2D eigenvalue weighted by Crippen LogP contribution is -2.55. The molecule has 0 spiro atoms. The number of hydrogen-bond donors (Lipinski definition) is 1.